The molecule has 3 fully saturated rings. The molecule has 0 radical (unpaired) electrons. The summed E-state index contributed by atoms with van der Waals surface area (Å²) >= 11 is 0. The Morgan fingerprint density at radius 1 is 0.962 bits per heavy atom. The van der Waals surface area contributed by atoms with E-state index in [2.05, 4.69) is 35.4 Å². The number of alkyl halides is 3. The number of anilines is 1. The van der Waals surface area contributed by atoms with Crippen LogP contribution in [0.5, 0.6) is 5.75 Å². The smallest absolute Gasteiger partial charge is 0.405 e. The number of ether oxygens (including phenoxy) is 1. The molecule has 53 heavy (non-hydrogen) atoms. The van der Waals surface area contributed by atoms with Gasteiger partial charge in [-0.25, -0.2) is 4.39 Å². The summed E-state index contributed by atoms with van der Waals surface area (Å²) in [6.45, 7) is 4.57. The predicted octanol–water partition coefficient (Wildman–Crippen LogP) is 5.67. The van der Waals surface area contributed by atoms with Gasteiger partial charge in [0, 0.05) is 48.4 Å². The van der Waals surface area contributed by atoms with Crippen LogP contribution in [0.1, 0.15) is 62.0 Å². The number of aromatic amines is 1. The molecule has 5 heterocycles. The minimum absolute atomic E-state index is 0.118. The molecule has 2 aromatic heterocycles. The minimum atomic E-state index is -4.86. The largest absolute Gasteiger partial charge is 0.573 e. The highest BCUT2D eigenvalue weighted by atomic mass is 19.4. The van der Waals surface area contributed by atoms with Crippen LogP contribution in [0.2, 0.25) is 0 Å². The number of halogens is 4. The predicted molar refractivity (Wildman–Crippen MR) is 191 cm³/mol. The average molecular weight is 738 g/mol. The maximum absolute atomic E-state index is 15.2. The summed E-state index contributed by atoms with van der Waals surface area (Å²) in [5.41, 5.74) is 2.70. The Morgan fingerprint density at radius 2 is 1.72 bits per heavy atom. The van der Waals surface area contributed by atoms with Gasteiger partial charge in [-0.15, -0.1) is 13.2 Å². The second kappa shape index (κ2) is 15.3. The highest BCUT2D eigenvalue weighted by molar-refractivity contribution is 6.01. The SMILES string of the molecule is Cn1cc(-c2ccc(CN3CCC(CCN4CCC(c5ccc(NC6CCC(=O)NC6=O)cc5F)CC4)CC3)c(OC(F)(F)F)c2)c2cn[nH]c2c1=O. The lowest BCUT2D eigenvalue weighted by Gasteiger charge is -2.35. The Labute approximate surface area is 303 Å². The van der Waals surface area contributed by atoms with Crippen LogP contribution in [0.4, 0.5) is 23.2 Å². The van der Waals surface area contributed by atoms with Gasteiger partial charge < -0.3 is 19.5 Å². The zero-order chi connectivity index (χ0) is 37.3. The summed E-state index contributed by atoms with van der Waals surface area (Å²) in [4.78, 5) is 40.5. The molecular formula is C38H43F4N7O4. The Hall–Kier alpha value is -4.76. The molecule has 282 valence electrons. The van der Waals surface area contributed by atoms with E-state index in [1.165, 1.54) is 22.9 Å². The Bertz CT molecular complexity index is 2030. The summed E-state index contributed by atoms with van der Waals surface area (Å²) in [5, 5.41) is 12.5. The van der Waals surface area contributed by atoms with Gasteiger partial charge in [0.15, 0.2) is 0 Å². The van der Waals surface area contributed by atoms with E-state index < -0.39 is 18.3 Å². The van der Waals surface area contributed by atoms with Crippen LogP contribution in [-0.4, -0.2) is 81.5 Å². The Balaban J connectivity index is 0.890. The van der Waals surface area contributed by atoms with E-state index in [1.807, 2.05) is 0 Å². The fourth-order valence-electron chi connectivity index (χ4n) is 7.94. The molecule has 7 rings (SSSR count). The van der Waals surface area contributed by atoms with E-state index in [-0.39, 0.29) is 40.9 Å². The number of hydrogen-bond acceptors (Lipinski definition) is 8. The molecule has 0 bridgehead atoms. The maximum atomic E-state index is 15.2. The number of piperidine rings is 3. The van der Waals surface area contributed by atoms with E-state index in [1.54, 1.807) is 37.5 Å². The summed E-state index contributed by atoms with van der Waals surface area (Å²) in [7, 11) is 1.58. The lowest BCUT2D eigenvalue weighted by Crippen LogP contribution is -2.47. The van der Waals surface area contributed by atoms with Crippen molar-refractivity contribution < 1.29 is 31.9 Å². The molecule has 0 spiro atoms. The van der Waals surface area contributed by atoms with Crippen molar-refractivity contribution in [3.8, 4) is 16.9 Å². The molecule has 4 aromatic rings. The van der Waals surface area contributed by atoms with Crippen molar-refractivity contribution >= 4 is 28.4 Å². The third-order valence-electron chi connectivity index (χ3n) is 11.0. The van der Waals surface area contributed by atoms with Gasteiger partial charge >= 0.3 is 6.36 Å². The highest BCUT2D eigenvalue weighted by Crippen LogP contribution is 2.36. The lowest BCUT2D eigenvalue weighted by atomic mass is 9.88. The van der Waals surface area contributed by atoms with Crippen LogP contribution in [0.25, 0.3) is 22.0 Å². The van der Waals surface area contributed by atoms with Gasteiger partial charge in [0.1, 0.15) is 23.1 Å². The van der Waals surface area contributed by atoms with Gasteiger partial charge in [-0.05, 0) is 112 Å². The number of carbonyl (C=O) groups excluding carboxylic acids is 2. The molecule has 3 aliphatic rings. The summed E-state index contributed by atoms with van der Waals surface area (Å²) < 4.78 is 61.7. The monoisotopic (exact) mass is 737 g/mol. The van der Waals surface area contributed by atoms with Crippen molar-refractivity contribution in [2.75, 3.05) is 38.0 Å². The number of likely N-dealkylation sites (tertiary alicyclic amines) is 2. The van der Waals surface area contributed by atoms with Crippen LogP contribution in [0.15, 0.2) is 53.6 Å². The normalized spacial score (nSPS) is 19.8. The van der Waals surface area contributed by atoms with E-state index >= 15 is 4.39 Å². The Morgan fingerprint density at radius 3 is 2.43 bits per heavy atom. The number of pyridine rings is 1. The summed E-state index contributed by atoms with van der Waals surface area (Å²) in [6, 6.07) is 9.28. The quantitative estimate of drug-likeness (QED) is 0.141. The third-order valence-corrected chi connectivity index (χ3v) is 11.0. The Kier molecular flexibility index (Phi) is 10.6. The first-order valence-corrected chi connectivity index (χ1v) is 18.2. The van der Waals surface area contributed by atoms with Crippen molar-refractivity contribution in [2.24, 2.45) is 13.0 Å². The van der Waals surface area contributed by atoms with Gasteiger partial charge in [-0.2, -0.15) is 5.10 Å². The fraction of sp³-hybridized carbons (Fsp3) is 0.474. The molecule has 2 aromatic carbocycles. The van der Waals surface area contributed by atoms with Crippen molar-refractivity contribution in [2.45, 2.75) is 69.8 Å². The number of carbonyl (C=O) groups is 2. The van der Waals surface area contributed by atoms with Crippen LogP contribution >= 0.6 is 0 Å². The first-order chi connectivity index (χ1) is 25.4. The standard InChI is InChI=1S/C38H43F4N7O4/c1-47-22-30(29-20-43-46-35(29)37(47)52)25-2-3-26(33(18-25)53-38(40,41)42)21-49-14-9-23(10-15-49)8-13-48-16-11-24(12-17-48)28-5-4-27(19-31(28)39)44-32-6-7-34(50)45-36(32)51/h2-5,18-20,22-24,32,44H,6-17,21H2,1H3,(H,43,46)(H,45,50,51). The topological polar surface area (TPSA) is 125 Å². The fourth-order valence-corrected chi connectivity index (χ4v) is 7.94. The average Bonchev–Trinajstić information content (AvgIpc) is 3.62. The zero-order valence-electron chi connectivity index (χ0n) is 29.5. The number of H-pyrrole nitrogens is 1. The molecular weight excluding hydrogens is 694 g/mol. The minimum Gasteiger partial charge on any atom is -0.405 e. The van der Waals surface area contributed by atoms with Gasteiger partial charge in [0.05, 0.1) is 6.20 Å². The van der Waals surface area contributed by atoms with E-state index in [0.29, 0.717) is 52.2 Å². The number of imide groups is 1. The number of amides is 2. The molecule has 0 saturated carbocycles. The molecule has 2 amide bonds. The molecule has 3 N–H and O–H groups in total. The number of fused-ring (bicyclic) bond motifs is 1. The molecule has 3 saturated heterocycles. The van der Waals surface area contributed by atoms with Gasteiger partial charge in [0.2, 0.25) is 11.8 Å². The number of rotatable bonds is 10. The van der Waals surface area contributed by atoms with Crippen LogP contribution in [-0.2, 0) is 23.2 Å². The van der Waals surface area contributed by atoms with Crippen molar-refractivity contribution in [3.05, 3.63) is 76.1 Å². The van der Waals surface area contributed by atoms with E-state index in [9.17, 15) is 27.6 Å². The van der Waals surface area contributed by atoms with Crippen LogP contribution in [0, 0.1) is 11.7 Å². The molecule has 1 unspecified atom stereocenters. The summed E-state index contributed by atoms with van der Waals surface area (Å²) in [6.07, 6.45) is 3.48. The van der Waals surface area contributed by atoms with Gasteiger partial charge in [-0.3, -0.25) is 29.7 Å². The van der Waals surface area contributed by atoms with Crippen molar-refractivity contribution in [3.63, 3.8) is 0 Å². The van der Waals surface area contributed by atoms with Crippen molar-refractivity contribution in [1.29, 1.82) is 0 Å². The summed E-state index contributed by atoms with van der Waals surface area (Å²) in [5.74, 6) is -0.602. The number of nitrogens with one attached hydrogen (secondary N) is 3. The maximum Gasteiger partial charge on any atom is 0.573 e. The number of aryl methyl sites for hydroxylation is 1. The molecule has 11 nitrogen and oxygen atoms in total. The number of hydrogen-bond donors (Lipinski definition) is 3. The van der Waals surface area contributed by atoms with Gasteiger partial charge in [0.25, 0.3) is 5.56 Å². The number of nitrogens with zero attached hydrogens (tertiary/aromatic N) is 4. The molecule has 0 aliphatic carbocycles. The van der Waals surface area contributed by atoms with Gasteiger partial charge in [-0.1, -0.05) is 18.2 Å². The van der Waals surface area contributed by atoms with Crippen molar-refractivity contribution in [1.82, 2.24) is 29.9 Å². The first-order valence-electron chi connectivity index (χ1n) is 18.2. The molecule has 15 heteroatoms. The number of benzene rings is 2. The van der Waals surface area contributed by atoms with Crippen LogP contribution in [0.3, 0.4) is 0 Å². The third kappa shape index (κ3) is 8.57. The molecule has 3 aliphatic heterocycles. The number of aromatic nitrogens is 3. The van der Waals surface area contributed by atoms with Crippen LogP contribution < -0.4 is 20.9 Å². The highest BCUT2D eigenvalue weighted by Gasteiger charge is 2.33. The second-order valence-electron chi connectivity index (χ2n) is 14.5. The van der Waals surface area contributed by atoms with E-state index in [0.717, 1.165) is 64.8 Å². The first kappa shape index (κ1) is 36.6. The zero-order valence-corrected chi connectivity index (χ0v) is 29.5. The molecule has 1 atom stereocenters. The second-order valence-corrected chi connectivity index (χ2v) is 14.5. The van der Waals surface area contributed by atoms with E-state index in [4.69, 9.17) is 0 Å². The lowest BCUT2D eigenvalue weighted by molar-refractivity contribution is -0.275.